The number of carbonyl (C=O) groups excluding carboxylic acids is 1. The normalized spacial score (nSPS) is 13.9. The van der Waals surface area contributed by atoms with Crippen LogP contribution >= 0.6 is 0 Å². The molecule has 5 N–H and O–H groups in total. The van der Waals surface area contributed by atoms with E-state index >= 15 is 0 Å². The van der Waals surface area contributed by atoms with E-state index < -0.39 is 11.4 Å². The first-order chi connectivity index (χ1) is 8.41. The molecule has 1 atom stereocenters. The van der Waals surface area contributed by atoms with E-state index in [0.717, 1.165) is 0 Å². The molecule has 0 aliphatic heterocycles. The van der Waals surface area contributed by atoms with Gasteiger partial charge in [-0.05, 0) is 13.3 Å². The minimum absolute atomic E-state index is 0.249. The zero-order valence-electron chi connectivity index (χ0n) is 10.9. The monoisotopic (exact) mass is 253 g/mol. The molecular formula is C11H19N5O2. The number of anilines is 2. The summed E-state index contributed by atoms with van der Waals surface area (Å²) >= 11 is 0. The summed E-state index contributed by atoms with van der Waals surface area (Å²) in [6.45, 7) is 3.82. The van der Waals surface area contributed by atoms with Gasteiger partial charge in [0.1, 0.15) is 23.8 Å². The summed E-state index contributed by atoms with van der Waals surface area (Å²) in [4.78, 5) is 19.6. The minimum atomic E-state index is -0.870. The minimum Gasteiger partial charge on any atom is -0.384 e. The van der Waals surface area contributed by atoms with Gasteiger partial charge in [-0.3, -0.25) is 4.79 Å². The number of rotatable bonds is 6. The quantitative estimate of drug-likeness (QED) is 0.670. The van der Waals surface area contributed by atoms with Crippen molar-refractivity contribution in [2.75, 3.05) is 18.2 Å². The lowest BCUT2D eigenvalue weighted by Gasteiger charge is -2.26. The molecule has 0 saturated carbocycles. The third-order valence-corrected chi connectivity index (χ3v) is 2.72. The number of aromatic nitrogens is 2. The number of hydrogen-bond acceptors (Lipinski definition) is 6. The second-order valence-corrected chi connectivity index (χ2v) is 4.20. The van der Waals surface area contributed by atoms with Crippen molar-refractivity contribution in [3.8, 4) is 0 Å². The Balaban J connectivity index is 2.99. The van der Waals surface area contributed by atoms with Crippen LogP contribution in [-0.4, -0.2) is 28.5 Å². The lowest BCUT2D eigenvalue weighted by atomic mass is 9.98. The van der Waals surface area contributed by atoms with Crippen LogP contribution in [0, 0.1) is 0 Å². The molecule has 0 bridgehead atoms. The molecule has 1 rings (SSSR count). The average Bonchev–Trinajstić information content (AvgIpc) is 2.28. The number of primary amides is 1. The molecule has 1 unspecified atom stereocenters. The zero-order valence-corrected chi connectivity index (χ0v) is 10.9. The number of nitrogens with one attached hydrogen (secondary N) is 1. The van der Waals surface area contributed by atoms with Crippen LogP contribution in [-0.2, 0) is 16.1 Å². The maximum Gasteiger partial charge on any atom is 0.242 e. The standard InChI is InChI=1S/C11H19N5O2/c1-4-11(2,10(13)17)16-8-5-7(12)14-9(15-8)6-18-3/h5H,4,6H2,1-3H3,(H2,13,17)(H3,12,14,15,16). The fourth-order valence-electron chi connectivity index (χ4n) is 1.38. The van der Waals surface area contributed by atoms with Gasteiger partial charge in [-0.15, -0.1) is 0 Å². The van der Waals surface area contributed by atoms with E-state index in [-0.39, 0.29) is 6.61 Å². The topological polar surface area (TPSA) is 116 Å². The fourth-order valence-corrected chi connectivity index (χ4v) is 1.38. The molecule has 1 aromatic heterocycles. The first-order valence-corrected chi connectivity index (χ1v) is 5.61. The van der Waals surface area contributed by atoms with E-state index in [1.165, 1.54) is 0 Å². The van der Waals surface area contributed by atoms with Crippen LogP contribution in [0.25, 0.3) is 0 Å². The number of amides is 1. The van der Waals surface area contributed by atoms with E-state index in [1.807, 2.05) is 6.92 Å². The Morgan fingerprint density at radius 2 is 2.22 bits per heavy atom. The van der Waals surface area contributed by atoms with Gasteiger partial charge in [0.15, 0.2) is 5.82 Å². The summed E-state index contributed by atoms with van der Waals surface area (Å²) in [6.07, 6.45) is 0.534. The summed E-state index contributed by atoms with van der Waals surface area (Å²) in [7, 11) is 1.54. The highest BCUT2D eigenvalue weighted by Gasteiger charge is 2.29. The van der Waals surface area contributed by atoms with Gasteiger partial charge >= 0.3 is 0 Å². The van der Waals surface area contributed by atoms with E-state index in [9.17, 15) is 4.79 Å². The molecular weight excluding hydrogens is 234 g/mol. The SMILES string of the molecule is CCC(C)(Nc1cc(N)nc(COC)n1)C(N)=O. The van der Waals surface area contributed by atoms with E-state index in [1.54, 1.807) is 20.1 Å². The number of methoxy groups -OCH3 is 1. The Kier molecular flexibility index (Phi) is 4.43. The van der Waals surface area contributed by atoms with Crippen LogP contribution in [0.2, 0.25) is 0 Å². The maximum absolute atomic E-state index is 11.4. The van der Waals surface area contributed by atoms with Crippen molar-refractivity contribution >= 4 is 17.5 Å². The fraction of sp³-hybridized carbons (Fsp3) is 0.545. The smallest absolute Gasteiger partial charge is 0.242 e. The van der Waals surface area contributed by atoms with Crippen LogP contribution in [0.15, 0.2) is 6.07 Å². The predicted octanol–water partition coefficient (Wildman–Crippen LogP) is 0.271. The molecule has 0 aromatic carbocycles. The van der Waals surface area contributed by atoms with Crippen LogP contribution < -0.4 is 16.8 Å². The lowest BCUT2D eigenvalue weighted by Crippen LogP contribution is -2.47. The van der Waals surface area contributed by atoms with Gasteiger partial charge in [0, 0.05) is 13.2 Å². The predicted molar refractivity (Wildman–Crippen MR) is 68.7 cm³/mol. The zero-order chi connectivity index (χ0) is 13.8. The van der Waals surface area contributed by atoms with E-state index in [4.69, 9.17) is 16.2 Å². The summed E-state index contributed by atoms with van der Waals surface area (Å²) in [5.41, 5.74) is 10.2. The molecule has 1 heterocycles. The molecule has 0 radical (unpaired) electrons. The van der Waals surface area contributed by atoms with Gasteiger partial charge < -0.3 is 21.5 Å². The van der Waals surface area contributed by atoms with Crippen LogP contribution in [0.1, 0.15) is 26.1 Å². The number of ether oxygens (including phenoxy) is 1. The van der Waals surface area contributed by atoms with Crippen molar-refractivity contribution < 1.29 is 9.53 Å². The molecule has 1 aromatic rings. The second kappa shape index (κ2) is 5.63. The Hall–Kier alpha value is -1.89. The van der Waals surface area contributed by atoms with Crippen molar-refractivity contribution in [1.29, 1.82) is 0 Å². The molecule has 0 spiro atoms. The molecule has 0 aliphatic rings. The Labute approximate surface area is 106 Å². The van der Waals surface area contributed by atoms with Crippen molar-refractivity contribution in [3.63, 3.8) is 0 Å². The van der Waals surface area contributed by atoms with Crippen LogP contribution in [0.4, 0.5) is 11.6 Å². The first kappa shape index (κ1) is 14.2. The molecule has 18 heavy (non-hydrogen) atoms. The lowest BCUT2D eigenvalue weighted by molar-refractivity contribution is -0.121. The number of carbonyl (C=O) groups is 1. The summed E-state index contributed by atoms with van der Waals surface area (Å²) in [5.74, 6) is 0.763. The molecule has 7 nitrogen and oxygen atoms in total. The second-order valence-electron chi connectivity index (χ2n) is 4.20. The molecule has 7 heteroatoms. The van der Waals surface area contributed by atoms with E-state index in [0.29, 0.717) is 23.9 Å². The number of nitrogens with zero attached hydrogens (tertiary/aromatic N) is 2. The summed E-state index contributed by atoms with van der Waals surface area (Å²) in [5, 5.41) is 2.98. The van der Waals surface area contributed by atoms with E-state index in [2.05, 4.69) is 15.3 Å². The maximum atomic E-state index is 11.4. The Bertz CT molecular complexity index is 437. The molecule has 1 amide bonds. The van der Waals surface area contributed by atoms with Crippen molar-refractivity contribution in [3.05, 3.63) is 11.9 Å². The highest BCUT2D eigenvalue weighted by Crippen LogP contribution is 2.18. The first-order valence-electron chi connectivity index (χ1n) is 5.61. The Morgan fingerprint density at radius 3 is 2.72 bits per heavy atom. The largest absolute Gasteiger partial charge is 0.384 e. The third-order valence-electron chi connectivity index (χ3n) is 2.72. The summed E-state index contributed by atoms with van der Waals surface area (Å²) < 4.78 is 4.94. The van der Waals surface area contributed by atoms with Crippen molar-refractivity contribution in [2.24, 2.45) is 5.73 Å². The highest BCUT2D eigenvalue weighted by atomic mass is 16.5. The summed E-state index contributed by atoms with van der Waals surface area (Å²) in [6, 6.07) is 1.55. The van der Waals surface area contributed by atoms with Crippen molar-refractivity contribution in [1.82, 2.24) is 9.97 Å². The van der Waals surface area contributed by atoms with Gasteiger partial charge in [0.25, 0.3) is 0 Å². The van der Waals surface area contributed by atoms with Gasteiger partial charge in [-0.2, -0.15) is 0 Å². The number of hydrogen-bond donors (Lipinski definition) is 3. The van der Waals surface area contributed by atoms with Crippen LogP contribution in [0.3, 0.4) is 0 Å². The number of nitrogens with two attached hydrogens (primary N) is 2. The van der Waals surface area contributed by atoms with Gasteiger partial charge in [-0.25, -0.2) is 9.97 Å². The van der Waals surface area contributed by atoms with Crippen molar-refractivity contribution in [2.45, 2.75) is 32.4 Å². The van der Waals surface area contributed by atoms with Gasteiger partial charge in [0.2, 0.25) is 5.91 Å². The van der Waals surface area contributed by atoms with Crippen LogP contribution in [0.5, 0.6) is 0 Å². The average molecular weight is 253 g/mol. The van der Waals surface area contributed by atoms with Gasteiger partial charge in [0.05, 0.1) is 0 Å². The highest BCUT2D eigenvalue weighted by molar-refractivity contribution is 5.87. The molecule has 0 saturated heterocycles. The Morgan fingerprint density at radius 1 is 1.56 bits per heavy atom. The molecule has 0 fully saturated rings. The third kappa shape index (κ3) is 3.30. The molecule has 100 valence electrons. The van der Waals surface area contributed by atoms with Gasteiger partial charge in [-0.1, -0.05) is 6.92 Å². The number of nitrogen functional groups attached to an aromatic ring is 1. The molecule has 0 aliphatic carbocycles.